The lowest BCUT2D eigenvalue weighted by Gasteiger charge is -2.13. The molecule has 1 aromatic heterocycles. The van der Waals surface area contributed by atoms with E-state index in [0.717, 1.165) is 22.3 Å². The van der Waals surface area contributed by atoms with Crippen LogP contribution in [-0.2, 0) is 0 Å². The molecular weight excluding hydrogens is 272 g/mol. The van der Waals surface area contributed by atoms with Crippen LogP contribution in [0.5, 0.6) is 0 Å². The molecule has 106 valence electrons. The third-order valence-electron chi connectivity index (χ3n) is 4.06. The Balaban J connectivity index is 1.92. The van der Waals surface area contributed by atoms with Gasteiger partial charge in [-0.3, -0.25) is 4.79 Å². The third-order valence-corrected chi connectivity index (χ3v) is 4.06. The van der Waals surface area contributed by atoms with Gasteiger partial charge in [-0.15, -0.1) is 0 Å². The zero-order valence-electron chi connectivity index (χ0n) is 11.9. The van der Waals surface area contributed by atoms with Crippen LogP contribution in [0.4, 0.5) is 0 Å². The van der Waals surface area contributed by atoms with Gasteiger partial charge in [0.25, 0.3) is 0 Å². The molecule has 1 aliphatic carbocycles. The van der Waals surface area contributed by atoms with E-state index >= 15 is 0 Å². The zero-order valence-corrected chi connectivity index (χ0v) is 11.9. The first-order valence-corrected chi connectivity index (χ1v) is 7.28. The number of furan rings is 1. The van der Waals surface area contributed by atoms with Gasteiger partial charge in [0.2, 0.25) is 0 Å². The molecule has 0 N–H and O–H groups in total. The third kappa shape index (κ3) is 2.01. The van der Waals surface area contributed by atoms with E-state index in [2.05, 4.69) is 12.1 Å². The minimum Gasteiger partial charge on any atom is -0.465 e. The predicted octanol–water partition coefficient (Wildman–Crippen LogP) is 4.69. The number of Topliss-reactive ketones (excluding diaryl/α,β-unsaturated/α-hetero) is 1. The number of hydrogen-bond donors (Lipinski definition) is 0. The number of hydrogen-bond acceptors (Lipinski definition) is 2. The van der Waals surface area contributed by atoms with Crippen molar-refractivity contribution in [3.8, 4) is 0 Å². The van der Waals surface area contributed by atoms with Crippen molar-refractivity contribution in [2.45, 2.75) is 5.92 Å². The first-order valence-electron chi connectivity index (χ1n) is 7.28. The molecule has 2 heteroatoms. The van der Waals surface area contributed by atoms with Gasteiger partial charge in [-0.25, -0.2) is 0 Å². The number of carbonyl (C=O) groups is 1. The van der Waals surface area contributed by atoms with Crippen molar-refractivity contribution in [2.24, 2.45) is 0 Å². The molecule has 0 spiro atoms. The quantitative estimate of drug-likeness (QED) is 0.640. The van der Waals surface area contributed by atoms with Crippen molar-refractivity contribution in [1.82, 2.24) is 0 Å². The highest BCUT2D eigenvalue weighted by Crippen LogP contribution is 2.42. The van der Waals surface area contributed by atoms with E-state index in [-0.39, 0.29) is 11.7 Å². The Morgan fingerprint density at radius 3 is 2.41 bits per heavy atom. The van der Waals surface area contributed by atoms with Gasteiger partial charge in [-0.2, -0.15) is 0 Å². The molecule has 0 amide bonds. The molecule has 2 nitrogen and oxygen atoms in total. The van der Waals surface area contributed by atoms with E-state index in [1.165, 1.54) is 0 Å². The molecule has 0 unspecified atom stereocenters. The van der Waals surface area contributed by atoms with Crippen LogP contribution in [0.15, 0.2) is 83.0 Å². The van der Waals surface area contributed by atoms with Crippen molar-refractivity contribution >= 4 is 11.9 Å². The summed E-state index contributed by atoms with van der Waals surface area (Å²) in [7, 11) is 0. The van der Waals surface area contributed by atoms with Gasteiger partial charge in [0.1, 0.15) is 5.76 Å². The SMILES string of the molecule is O=C1/C(=C\c2ccco2)[C@H](c2ccccc2)c2ccccc21. The van der Waals surface area contributed by atoms with Crippen LogP contribution in [0, 0.1) is 0 Å². The Morgan fingerprint density at radius 1 is 0.864 bits per heavy atom. The van der Waals surface area contributed by atoms with E-state index in [0.29, 0.717) is 5.76 Å². The Hall–Kier alpha value is -2.87. The molecule has 1 aliphatic rings. The second kappa shape index (κ2) is 5.15. The highest BCUT2D eigenvalue weighted by molar-refractivity contribution is 6.17. The van der Waals surface area contributed by atoms with Crippen LogP contribution in [0.2, 0.25) is 0 Å². The van der Waals surface area contributed by atoms with Gasteiger partial charge in [0.15, 0.2) is 5.78 Å². The van der Waals surface area contributed by atoms with Crippen LogP contribution in [0.1, 0.15) is 33.2 Å². The molecule has 3 aromatic rings. The van der Waals surface area contributed by atoms with Gasteiger partial charge in [0, 0.05) is 17.1 Å². The van der Waals surface area contributed by atoms with Gasteiger partial charge in [-0.1, -0.05) is 54.6 Å². The summed E-state index contributed by atoms with van der Waals surface area (Å²) in [5.74, 6) is 0.757. The van der Waals surface area contributed by atoms with Crippen molar-refractivity contribution in [3.05, 3.63) is 101 Å². The summed E-state index contributed by atoms with van der Waals surface area (Å²) in [4.78, 5) is 12.8. The second-order valence-electron chi connectivity index (χ2n) is 5.38. The lowest BCUT2D eigenvalue weighted by molar-refractivity contribution is 0.103. The highest BCUT2D eigenvalue weighted by atomic mass is 16.3. The summed E-state index contributed by atoms with van der Waals surface area (Å²) >= 11 is 0. The number of benzene rings is 2. The number of rotatable bonds is 2. The summed E-state index contributed by atoms with van der Waals surface area (Å²) in [5, 5.41) is 0. The summed E-state index contributed by atoms with van der Waals surface area (Å²) in [6, 6.07) is 21.7. The fourth-order valence-electron chi connectivity index (χ4n) is 3.09. The van der Waals surface area contributed by atoms with E-state index in [1.54, 1.807) is 6.26 Å². The van der Waals surface area contributed by atoms with Gasteiger partial charge in [-0.05, 0) is 29.3 Å². The lowest BCUT2D eigenvalue weighted by atomic mass is 9.89. The number of fused-ring (bicyclic) bond motifs is 1. The molecule has 1 heterocycles. The molecule has 0 saturated heterocycles. The summed E-state index contributed by atoms with van der Waals surface area (Å²) < 4.78 is 5.40. The van der Waals surface area contributed by atoms with Gasteiger partial charge in [0.05, 0.1) is 6.26 Å². The molecule has 1 atom stereocenters. The Bertz CT molecular complexity index is 842. The average molecular weight is 286 g/mol. The first-order chi connectivity index (χ1) is 10.8. The Labute approximate surface area is 128 Å². The number of carbonyl (C=O) groups excluding carboxylic acids is 1. The molecular formula is C20H14O2. The topological polar surface area (TPSA) is 30.2 Å². The average Bonchev–Trinajstić information content (AvgIpc) is 3.17. The molecule has 22 heavy (non-hydrogen) atoms. The predicted molar refractivity (Wildman–Crippen MR) is 85.7 cm³/mol. The van der Waals surface area contributed by atoms with Crippen molar-refractivity contribution in [3.63, 3.8) is 0 Å². The maximum absolute atomic E-state index is 12.8. The Kier molecular flexibility index (Phi) is 3.01. The minimum atomic E-state index is -0.0324. The smallest absolute Gasteiger partial charge is 0.190 e. The number of allylic oxidation sites excluding steroid dienone is 1. The molecule has 0 aliphatic heterocycles. The fraction of sp³-hybridized carbons (Fsp3) is 0.0500. The first kappa shape index (κ1) is 12.8. The number of ketones is 1. The van der Waals surface area contributed by atoms with Gasteiger partial charge >= 0.3 is 0 Å². The lowest BCUT2D eigenvalue weighted by Crippen LogP contribution is -2.02. The molecule has 0 radical (unpaired) electrons. The van der Waals surface area contributed by atoms with E-state index < -0.39 is 0 Å². The fourth-order valence-corrected chi connectivity index (χ4v) is 3.09. The van der Waals surface area contributed by atoms with Crippen LogP contribution in [0.3, 0.4) is 0 Å². The maximum atomic E-state index is 12.8. The van der Waals surface area contributed by atoms with E-state index in [1.807, 2.05) is 60.7 Å². The maximum Gasteiger partial charge on any atom is 0.190 e. The molecule has 0 fully saturated rings. The van der Waals surface area contributed by atoms with Crippen LogP contribution >= 0.6 is 0 Å². The largest absolute Gasteiger partial charge is 0.465 e. The van der Waals surface area contributed by atoms with Gasteiger partial charge < -0.3 is 4.42 Å². The van der Waals surface area contributed by atoms with Crippen LogP contribution in [0.25, 0.3) is 6.08 Å². The normalized spacial score (nSPS) is 18.6. The standard InChI is InChI=1S/C20H14O2/c21-20-17-11-5-4-10-16(17)19(14-7-2-1-3-8-14)18(20)13-15-9-6-12-22-15/h1-13,19H/b18-13-/t19-/m1/s1. The minimum absolute atomic E-state index is 0.0324. The Morgan fingerprint density at radius 2 is 1.64 bits per heavy atom. The molecule has 2 aromatic carbocycles. The molecule has 0 saturated carbocycles. The van der Waals surface area contributed by atoms with E-state index in [4.69, 9.17) is 4.42 Å². The highest BCUT2D eigenvalue weighted by Gasteiger charge is 2.35. The molecule has 0 bridgehead atoms. The summed E-state index contributed by atoms with van der Waals surface area (Å²) in [6.07, 6.45) is 3.48. The van der Waals surface area contributed by atoms with Crippen molar-refractivity contribution < 1.29 is 9.21 Å². The van der Waals surface area contributed by atoms with Crippen molar-refractivity contribution in [2.75, 3.05) is 0 Å². The monoisotopic (exact) mass is 286 g/mol. The van der Waals surface area contributed by atoms with E-state index in [9.17, 15) is 4.79 Å². The van der Waals surface area contributed by atoms with Crippen molar-refractivity contribution in [1.29, 1.82) is 0 Å². The summed E-state index contributed by atoms with van der Waals surface area (Å²) in [6.45, 7) is 0. The van der Waals surface area contributed by atoms with Crippen LogP contribution < -0.4 is 0 Å². The summed E-state index contributed by atoms with van der Waals surface area (Å²) in [5.41, 5.74) is 3.74. The molecule has 4 rings (SSSR count). The second-order valence-corrected chi connectivity index (χ2v) is 5.38. The van der Waals surface area contributed by atoms with Crippen LogP contribution in [-0.4, -0.2) is 5.78 Å². The zero-order chi connectivity index (χ0) is 14.9.